The molecule has 2 aliphatic rings. The number of H-pyrrole nitrogens is 1. The zero-order chi connectivity index (χ0) is 20.7. The summed E-state index contributed by atoms with van der Waals surface area (Å²) in [6, 6.07) is 11.6. The fraction of sp³-hybridized carbons (Fsp3) is 0.304. The van der Waals surface area contributed by atoms with Crippen molar-refractivity contribution in [2.45, 2.75) is 48.8 Å². The second-order valence-corrected chi connectivity index (χ2v) is 8.94. The molecule has 7 heteroatoms. The molecule has 30 heavy (non-hydrogen) atoms. The van der Waals surface area contributed by atoms with Crippen LogP contribution in [0.15, 0.2) is 41.6 Å². The third kappa shape index (κ3) is 3.27. The highest BCUT2D eigenvalue weighted by Crippen LogP contribution is 2.36. The second-order valence-electron chi connectivity index (χ2n) is 7.75. The number of amides is 2. The fourth-order valence-electron chi connectivity index (χ4n) is 4.24. The van der Waals surface area contributed by atoms with Gasteiger partial charge in [0.2, 0.25) is 11.8 Å². The van der Waals surface area contributed by atoms with Crippen molar-refractivity contribution in [1.82, 2.24) is 9.97 Å². The van der Waals surface area contributed by atoms with E-state index >= 15 is 0 Å². The number of nitriles is 1. The Bertz CT molecular complexity index is 1210. The van der Waals surface area contributed by atoms with E-state index < -0.39 is 5.25 Å². The van der Waals surface area contributed by atoms with Gasteiger partial charge >= 0.3 is 0 Å². The summed E-state index contributed by atoms with van der Waals surface area (Å²) < 4.78 is 0. The molecule has 2 aromatic heterocycles. The number of carbonyl (C=O) groups is 2. The quantitative estimate of drug-likeness (QED) is 0.512. The Morgan fingerprint density at radius 3 is 2.87 bits per heavy atom. The lowest BCUT2D eigenvalue weighted by atomic mass is 10.1. The van der Waals surface area contributed by atoms with E-state index in [4.69, 9.17) is 4.98 Å². The zero-order valence-electron chi connectivity index (χ0n) is 16.4. The van der Waals surface area contributed by atoms with Gasteiger partial charge in [0.25, 0.3) is 0 Å². The molecule has 3 aromatic rings. The van der Waals surface area contributed by atoms with Crippen molar-refractivity contribution in [3.63, 3.8) is 0 Å². The molecule has 1 atom stereocenters. The highest BCUT2D eigenvalue weighted by atomic mass is 32.2. The van der Waals surface area contributed by atoms with Gasteiger partial charge in [-0.25, -0.2) is 9.88 Å². The average molecular weight is 417 g/mol. The first-order chi connectivity index (χ1) is 14.6. The molecule has 5 rings (SSSR count). The molecule has 1 fully saturated rings. The Balaban J connectivity index is 1.43. The number of hydrogen-bond acceptors (Lipinski definition) is 5. The molecule has 1 saturated heterocycles. The van der Waals surface area contributed by atoms with E-state index in [0.29, 0.717) is 16.3 Å². The molecule has 0 bridgehead atoms. The maximum atomic E-state index is 13.1. The van der Waals surface area contributed by atoms with Gasteiger partial charge in [-0.1, -0.05) is 24.2 Å². The number of nitrogens with zero attached hydrogens (tertiary/aromatic N) is 3. The second kappa shape index (κ2) is 7.62. The Morgan fingerprint density at radius 1 is 1.13 bits per heavy atom. The highest BCUT2D eigenvalue weighted by molar-refractivity contribution is 8.00. The monoisotopic (exact) mass is 416 g/mol. The minimum absolute atomic E-state index is 0.107. The van der Waals surface area contributed by atoms with Crippen molar-refractivity contribution in [3.8, 4) is 6.07 Å². The van der Waals surface area contributed by atoms with E-state index in [1.807, 2.05) is 30.5 Å². The lowest BCUT2D eigenvalue weighted by Crippen LogP contribution is -2.31. The number of carbonyl (C=O) groups excluding carboxylic acids is 2. The van der Waals surface area contributed by atoms with Crippen molar-refractivity contribution in [3.05, 3.63) is 53.3 Å². The molecule has 1 aliphatic carbocycles. The Hall–Kier alpha value is -3.11. The number of aromatic amines is 1. The largest absolute Gasteiger partial charge is 0.361 e. The SMILES string of the molecule is N#Cc1cc2c(nc1SC1CC(=O)N(c3ccc4cc[nH]c4c3)C1=O)CCCCC2. The zero-order valence-corrected chi connectivity index (χ0v) is 17.2. The van der Waals surface area contributed by atoms with Crippen LogP contribution in [0.25, 0.3) is 10.9 Å². The summed E-state index contributed by atoms with van der Waals surface area (Å²) >= 11 is 1.24. The minimum Gasteiger partial charge on any atom is -0.361 e. The van der Waals surface area contributed by atoms with Crippen LogP contribution in [0.4, 0.5) is 5.69 Å². The first-order valence-electron chi connectivity index (χ1n) is 10.2. The molecule has 150 valence electrons. The normalized spacial score (nSPS) is 19.0. The number of thioether (sulfide) groups is 1. The van der Waals surface area contributed by atoms with Gasteiger partial charge in [-0.2, -0.15) is 5.26 Å². The number of aromatic nitrogens is 2. The van der Waals surface area contributed by atoms with Crippen molar-refractivity contribution in [2.75, 3.05) is 4.90 Å². The molecular formula is C23H20N4O2S. The lowest BCUT2D eigenvalue weighted by molar-refractivity contribution is -0.121. The van der Waals surface area contributed by atoms with Gasteiger partial charge in [0.1, 0.15) is 11.1 Å². The maximum Gasteiger partial charge on any atom is 0.247 e. The van der Waals surface area contributed by atoms with E-state index in [1.54, 1.807) is 6.07 Å². The van der Waals surface area contributed by atoms with Crippen LogP contribution >= 0.6 is 11.8 Å². The van der Waals surface area contributed by atoms with Crippen molar-refractivity contribution in [1.29, 1.82) is 5.26 Å². The van der Waals surface area contributed by atoms with Gasteiger partial charge in [-0.05, 0) is 60.9 Å². The van der Waals surface area contributed by atoms with Gasteiger partial charge in [0.15, 0.2) is 0 Å². The Labute approximate surface area is 178 Å². The summed E-state index contributed by atoms with van der Waals surface area (Å²) in [4.78, 5) is 34.9. The molecule has 3 heterocycles. The maximum absolute atomic E-state index is 13.1. The van der Waals surface area contributed by atoms with Crippen molar-refractivity contribution in [2.24, 2.45) is 0 Å². The molecule has 6 nitrogen and oxygen atoms in total. The molecule has 1 unspecified atom stereocenters. The minimum atomic E-state index is -0.569. The predicted molar refractivity (Wildman–Crippen MR) is 115 cm³/mol. The number of benzene rings is 1. The molecule has 1 aliphatic heterocycles. The fourth-order valence-corrected chi connectivity index (χ4v) is 5.33. The average Bonchev–Trinajstić information content (AvgIpc) is 3.23. The van der Waals surface area contributed by atoms with Gasteiger partial charge in [0.05, 0.1) is 16.5 Å². The van der Waals surface area contributed by atoms with Gasteiger partial charge in [0, 0.05) is 23.8 Å². The summed E-state index contributed by atoms with van der Waals surface area (Å²) in [7, 11) is 0. The number of rotatable bonds is 3. The molecule has 1 aromatic carbocycles. The number of aryl methyl sites for hydroxylation is 2. The number of fused-ring (bicyclic) bond motifs is 2. The van der Waals surface area contributed by atoms with E-state index in [1.165, 1.54) is 16.7 Å². The molecule has 0 radical (unpaired) electrons. The van der Waals surface area contributed by atoms with E-state index in [2.05, 4.69) is 11.1 Å². The van der Waals surface area contributed by atoms with Gasteiger partial charge in [-0.3, -0.25) is 9.59 Å². The summed E-state index contributed by atoms with van der Waals surface area (Å²) in [6.45, 7) is 0. The smallest absolute Gasteiger partial charge is 0.247 e. The molecular weight excluding hydrogens is 396 g/mol. The third-order valence-electron chi connectivity index (χ3n) is 5.79. The predicted octanol–water partition coefficient (Wildman–Crippen LogP) is 4.13. The molecule has 2 amide bonds. The van der Waals surface area contributed by atoms with E-state index in [0.717, 1.165) is 54.3 Å². The standard InChI is InChI=1S/C23H20N4O2S/c24-13-16-10-15-4-2-1-3-5-18(15)26-22(16)30-20-12-21(28)27(23(20)29)17-7-6-14-8-9-25-19(14)11-17/h6-11,20,25H,1-5,12H2. The number of hydrogen-bond donors (Lipinski definition) is 1. The van der Waals surface area contributed by atoms with Crippen LogP contribution in [-0.4, -0.2) is 27.0 Å². The van der Waals surface area contributed by atoms with Crippen LogP contribution in [0.5, 0.6) is 0 Å². The summed E-state index contributed by atoms with van der Waals surface area (Å²) in [5.41, 5.74) is 4.11. The number of imide groups is 1. The number of pyridine rings is 1. The Morgan fingerprint density at radius 2 is 2.00 bits per heavy atom. The topological polar surface area (TPSA) is 89.8 Å². The first-order valence-corrected chi connectivity index (χ1v) is 11.1. The van der Waals surface area contributed by atoms with Crippen molar-refractivity contribution >= 4 is 40.2 Å². The van der Waals surface area contributed by atoms with Gasteiger partial charge < -0.3 is 4.98 Å². The van der Waals surface area contributed by atoms with Crippen LogP contribution in [-0.2, 0) is 22.4 Å². The third-order valence-corrected chi connectivity index (χ3v) is 6.98. The Kier molecular flexibility index (Phi) is 4.80. The summed E-state index contributed by atoms with van der Waals surface area (Å²) in [5.74, 6) is -0.479. The number of anilines is 1. The van der Waals surface area contributed by atoms with Crippen LogP contribution in [0.2, 0.25) is 0 Å². The summed E-state index contributed by atoms with van der Waals surface area (Å²) in [6.07, 6.45) is 7.14. The van der Waals surface area contributed by atoms with E-state index in [9.17, 15) is 14.9 Å². The molecule has 1 N–H and O–H groups in total. The van der Waals surface area contributed by atoms with Gasteiger partial charge in [-0.15, -0.1) is 0 Å². The van der Waals surface area contributed by atoms with E-state index in [-0.39, 0.29) is 18.2 Å². The lowest BCUT2D eigenvalue weighted by Gasteiger charge is -2.16. The summed E-state index contributed by atoms with van der Waals surface area (Å²) in [5, 5.41) is 10.6. The van der Waals surface area contributed by atoms with Crippen LogP contribution in [0, 0.1) is 11.3 Å². The first kappa shape index (κ1) is 18.9. The number of nitrogens with one attached hydrogen (secondary N) is 1. The van der Waals surface area contributed by atoms with Crippen LogP contribution < -0.4 is 4.90 Å². The van der Waals surface area contributed by atoms with Crippen LogP contribution in [0.3, 0.4) is 0 Å². The highest BCUT2D eigenvalue weighted by Gasteiger charge is 2.41. The molecule has 0 spiro atoms. The van der Waals surface area contributed by atoms with Crippen LogP contribution in [0.1, 0.15) is 42.5 Å². The van der Waals surface area contributed by atoms with Crippen molar-refractivity contribution < 1.29 is 9.59 Å². The molecule has 0 saturated carbocycles.